The molecule has 3 heterocycles. The fourth-order valence-corrected chi connectivity index (χ4v) is 5.08. The van der Waals surface area contributed by atoms with E-state index in [-0.39, 0.29) is 0 Å². The van der Waals surface area contributed by atoms with E-state index in [9.17, 15) is 0 Å². The van der Waals surface area contributed by atoms with Gasteiger partial charge in [0.05, 0.1) is 11.4 Å². The Hall–Kier alpha value is -3.31. The smallest absolute Gasteiger partial charge is 0.161 e. The van der Waals surface area contributed by atoms with Crippen molar-refractivity contribution in [3.05, 3.63) is 78.6 Å². The number of imidazole rings is 1. The lowest BCUT2D eigenvalue weighted by Crippen LogP contribution is -2.47. The second-order valence-electron chi connectivity index (χ2n) is 9.96. The monoisotopic (exact) mass is 451 g/mol. The van der Waals surface area contributed by atoms with Crippen LogP contribution < -0.4 is 10.2 Å². The molecule has 5 heteroatoms. The summed E-state index contributed by atoms with van der Waals surface area (Å²) < 4.78 is 2.17. The highest BCUT2D eigenvalue weighted by molar-refractivity contribution is 5.78. The Kier molecular flexibility index (Phi) is 5.50. The quantitative estimate of drug-likeness (QED) is 0.381. The number of anilines is 3. The first-order valence-corrected chi connectivity index (χ1v) is 12.6. The van der Waals surface area contributed by atoms with E-state index in [2.05, 4.69) is 99.0 Å². The summed E-state index contributed by atoms with van der Waals surface area (Å²) in [6.07, 6.45) is 6.71. The third-order valence-corrected chi connectivity index (χ3v) is 7.31. The number of pyridine rings is 1. The van der Waals surface area contributed by atoms with Crippen molar-refractivity contribution in [3.63, 3.8) is 0 Å². The molecule has 2 aromatic carbocycles. The first-order chi connectivity index (χ1) is 16.7. The van der Waals surface area contributed by atoms with Crippen LogP contribution in [0.2, 0.25) is 0 Å². The Labute approximate surface area is 202 Å². The minimum atomic E-state index is 0.535. The van der Waals surface area contributed by atoms with Gasteiger partial charge in [0.2, 0.25) is 0 Å². The van der Waals surface area contributed by atoms with E-state index in [1.807, 2.05) is 12.4 Å². The zero-order valence-corrected chi connectivity index (χ0v) is 20.1. The molecule has 1 aliphatic heterocycles. The standard InChI is InChI=1S/C29H33N5/c1-21(2)22-3-5-23(6-4-22)28-14-13-27(29-30-15-16-34(28)29)31-24-7-9-25(10-8-24)32-17-19-33(20-18-32)26-11-12-26/h3-10,13-16,21,26,31H,11-12,17-20H2,1-2H3. The van der Waals surface area contributed by atoms with Crippen LogP contribution in [0.3, 0.4) is 0 Å². The fraction of sp³-hybridized carbons (Fsp3) is 0.345. The van der Waals surface area contributed by atoms with Crippen molar-refractivity contribution in [2.24, 2.45) is 0 Å². The Morgan fingerprint density at radius 1 is 0.853 bits per heavy atom. The predicted molar refractivity (Wildman–Crippen MR) is 141 cm³/mol. The summed E-state index contributed by atoms with van der Waals surface area (Å²) in [7, 11) is 0. The number of nitrogens with one attached hydrogen (secondary N) is 1. The second-order valence-corrected chi connectivity index (χ2v) is 9.96. The van der Waals surface area contributed by atoms with Gasteiger partial charge in [-0.1, -0.05) is 38.1 Å². The van der Waals surface area contributed by atoms with Crippen molar-refractivity contribution in [1.82, 2.24) is 14.3 Å². The lowest BCUT2D eigenvalue weighted by molar-refractivity contribution is 0.248. The number of hydrogen-bond donors (Lipinski definition) is 1. The average Bonchev–Trinajstić information content (AvgIpc) is 3.61. The number of hydrogen-bond acceptors (Lipinski definition) is 4. The van der Waals surface area contributed by atoms with E-state index in [1.165, 1.54) is 42.7 Å². The SMILES string of the molecule is CC(C)c1ccc(-c2ccc(Nc3ccc(N4CCN(C5CC5)CC4)cc3)c3nccn23)cc1. The molecule has 4 aromatic rings. The molecular formula is C29H33N5. The van der Waals surface area contributed by atoms with E-state index >= 15 is 0 Å². The van der Waals surface area contributed by atoms with Gasteiger partial charge in [-0.3, -0.25) is 9.30 Å². The maximum atomic E-state index is 4.65. The normalized spacial score (nSPS) is 17.0. The van der Waals surface area contributed by atoms with E-state index in [0.29, 0.717) is 5.92 Å². The molecule has 0 radical (unpaired) electrons. The third-order valence-electron chi connectivity index (χ3n) is 7.31. The molecule has 1 aliphatic carbocycles. The number of aromatic nitrogens is 2. The average molecular weight is 452 g/mol. The number of fused-ring (bicyclic) bond motifs is 1. The van der Waals surface area contributed by atoms with Crippen LogP contribution in [-0.2, 0) is 0 Å². The van der Waals surface area contributed by atoms with Gasteiger partial charge in [0.15, 0.2) is 5.65 Å². The van der Waals surface area contributed by atoms with Crippen molar-refractivity contribution in [2.45, 2.75) is 38.6 Å². The van der Waals surface area contributed by atoms with Gasteiger partial charge in [-0.2, -0.15) is 0 Å². The summed E-state index contributed by atoms with van der Waals surface area (Å²) in [5.74, 6) is 0.535. The van der Waals surface area contributed by atoms with Gasteiger partial charge in [-0.25, -0.2) is 4.98 Å². The third kappa shape index (κ3) is 4.16. The van der Waals surface area contributed by atoms with Crippen LogP contribution in [0.1, 0.15) is 38.2 Å². The molecule has 2 aliphatic rings. The molecule has 174 valence electrons. The lowest BCUT2D eigenvalue weighted by Gasteiger charge is -2.36. The molecule has 1 N–H and O–H groups in total. The van der Waals surface area contributed by atoms with Crippen LogP contribution in [0.5, 0.6) is 0 Å². The second kappa shape index (κ2) is 8.80. The van der Waals surface area contributed by atoms with Gasteiger partial charge in [-0.05, 0) is 66.3 Å². The summed E-state index contributed by atoms with van der Waals surface area (Å²) in [5, 5.41) is 3.59. The van der Waals surface area contributed by atoms with Gasteiger partial charge in [0, 0.05) is 56.0 Å². The van der Waals surface area contributed by atoms with Crippen molar-refractivity contribution in [3.8, 4) is 11.3 Å². The number of benzene rings is 2. The molecule has 0 unspecified atom stereocenters. The molecular weight excluding hydrogens is 418 g/mol. The zero-order chi connectivity index (χ0) is 23.1. The molecule has 2 fully saturated rings. The van der Waals surface area contributed by atoms with Crippen LogP contribution in [-0.4, -0.2) is 46.5 Å². The molecule has 6 rings (SSSR count). The van der Waals surface area contributed by atoms with E-state index in [1.54, 1.807) is 0 Å². The highest BCUT2D eigenvalue weighted by Crippen LogP contribution is 2.31. The van der Waals surface area contributed by atoms with Crippen molar-refractivity contribution >= 4 is 22.7 Å². The van der Waals surface area contributed by atoms with E-state index < -0.39 is 0 Å². The van der Waals surface area contributed by atoms with Crippen molar-refractivity contribution in [2.75, 3.05) is 36.4 Å². The first-order valence-electron chi connectivity index (χ1n) is 12.6. The minimum absolute atomic E-state index is 0.535. The van der Waals surface area contributed by atoms with Gasteiger partial charge in [0.1, 0.15) is 0 Å². The molecule has 1 saturated heterocycles. The molecule has 5 nitrogen and oxygen atoms in total. The zero-order valence-electron chi connectivity index (χ0n) is 20.1. The van der Waals surface area contributed by atoms with Crippen LogP contribution in [0, 0.1) is 0 Å². The topological polar surface area (TPSA) is 35.8 Å². The van der Waals surface area contributed by atoms with Crippen LogP contribution in [0.15, 0.2) is 73.1 Å². The van der Waals surface area contributed by atoms with Crippen LogP contribution in [0.4, 0.5) is 17.1 Å². The van der Waals surface area contributed by atoms with Gasteiger partial charge in [0.25, 0.3) is 0 Å². The Morgan fingerprint density at radius 2 is 1.59 bits per heavy atom. The van der Waals surface area contributed by atoms with Crippen LogP contribution >= 0.6 is 0 Å². The summed E-state index contributed by atoms with van der Waals surface area (Å²) in [5.41, 5.74) is 8.05. The Morgan fingerprint density at radius 3 is 2.26 bits per heavy atom. The van der Waals surface area contributed by atoms with E-state index in [4.69, 9.17) is 0 Å². The molecule has 0 atom stereocenters. The molecule has 0 amide bonds. The summed E-state index contributed by atoms with van der Waals surface area (Å²) in [4.78, 5) is 9.82. The Bertz CT molecular complexity index is 1260. The molecule has 2 aromatic heterocycles. The molecule has 1 saturated carbocycles. The van der Waals surface area contributed by atoms with Gasteiger partial charge in [-0.15, -0.1) is 0 Å². The lowest BCUT2D eigenvalue weighted by atomic mass is 10.0. The van der Waals surface area contributed by atoms with Crippen LogP contribution in [0.25, 0.3) is 16.9 Å². The molecule has 34 heavy (non-hydrogen) atoms. The first kappa shape index (κ1) is 21.2. The minimum Gasteiger partial charge on any atom is -0.369 e. The highest BCUT2D eigenvalue weighted by Gasteiger charge is 2.31. The summed E-state index contributed by atoms with van der Waals surface area (Å²) in [6, 6.07) is 22.9. The molecule has 0 spiro atoms. The maximum absolute atomic E-state index is 4.65. The largest absolute Gasteiger partial charge is 0.369 e. The van der Waals surface area contributed by atoms with Crippen molar-refractivity contribution in [1.29, 1.82) is 0 Å². The number of piperazine rings is 1. The highest BCUT2D eigenvalue weighted by atomic mass is 15.3. The fourth-order valence-electron chi connectivity index (χ4n) is 5.08. The van der Waals surface area contributed by atoms with Crippen molar-refractivity contribution < 1.29 is 0 Å². The van der Waals surface area contributed by atoms with Gasteiger partial charge >= 0.3 is 0 Å². The van der Waals surface area contributed by atoms with Gasteiger partial charge < -0.3 is 10.2 Å². The predicted octanol–water partition coefficient (Wildman–Crippen LogP) is 6.15. The Balaban J connectivity index is 1.19. The van der Waals surface area contributed by atoms with E-state index in [0.717, 1.165) is 41.8 Å². The summed E-state index contributed by atoms with van der Waals surface area (Å²) in [6.45, 7) is 9.08. The molecule has 0 bridgehead atoms. The summed E-state index contributed by atoms with van der Waals surface area (Å²) >= 11 is 0. The number of nitrogens with zero attached hydrogens (tertiary/aromatic N) is 4. The number of rotatable bonds is 6. The maximum Gasteiger partial charge on any atom is 0.161 e.